The quantitative estimate of drug-likeness (QED) is 0.492. The molecule has 0 aromatic rings. The fourth-order valence-corrected chi connectivity index (χ4v) is 0.308. The normalized spacial score (nSPS) is 13.8. The number of nitrogens with zero attached hydrogens (tertiary/aromatic N) is 1. The van der Waals surface area contributed by atoms with Crippen LogP contribution in [0.15, 0.2) is 16.3 Å². The summed E-state index contributed by atoms with van der Waals surface area (Å²) in [6.45, 7) is 1.68. The second-order valence-corrected chi connectivity index (χ2v) is 2.31. The van der Waals surface area contributed by atoms with Gasteiger partial charge in [0.25, 0.3) is 0 Å². The predicted octanol–water partition coefficient (Wildman–Crippen LogP) is 1.90. The molecule has 0 aliphatic carbocycles. The summed E-state index contributed by atoms with van der Waals surface area (Å²) in [4.78, 5) is 3.72. The third-order valence-corrected chi connectivity index (χ3v) is 0.979. The number of hydrogen-bond acceptors (Lipinski definition) is 2. The minimum Gasteiger partial charge on any atom is -0.378 e. The standard InChI is InChI=1S/C5H8Cl2N2/c1-4(6)9-3-5(7)8-2/h3,8H,1-2H3/b5-3-,9-4?. The van der Waals surface area contributed by atoms with E-state index in [2.05, 4.69) is 10.3 Å². The molecule has 1 N–H and O–H groups in total. The van der Waals surface area contributed by atoms with Crippen molar-refractivity contribution < 1.29 is 0 Å². The van der Waals surface area contributed by atoms with Gasteiger partial charge in [0, 0.05) is 7.05 Å². The van der Waals surface area contributed by atoms with Crippen LogP contribution in [0, 0.1) is 0 Å². The van der Waals surface area contributed by atoms with Gasteiger partial charge in [-0.2, -0.15) is 0 Å². The Morgan fingerprint density at radius 2 is 2.11 bits per heavy atom. The van der Waals surface area contributed by atoms with E-state index in [1.807, 2.05) is 0 Å². The summed E-state index contributed by atoms with van der Waals surface area (Å²) in [6, 6.07) is 0. The average Bonchev–Trinajstić information content (AvgIpc) is 1.83. The molecule has 0 heterocycles. The van der Waals surface area contributed by atoms with Crippen LogP contribution in [0.5, 0.6) is 0 Å². The Morgan fingerprint density at radius 1 is 1.56 bits per heavy atom. The van der Waals surface area contributed by atoms with Crippen molar-refractivity contribution in [3.8, 4) is 0 Å². The van der Waals surface area contributed by atoms with Crippen LogP contribution in [0.25, 0.3) is 0 Å². The van der Waals surface area contributed by atoms with Gasteiger partial charge in [0.05, 0.1) is 6.20 Å². The summed E-state index contributed by atoms with van der Waals surface area (Å²) in [7, 11) is 1.71. The molecule has 0 aliphatic rings. The number of aliphatic imine (C=N–C) groups is 1. The van der Waals surface area contributed by atoms with E-state index in [1.54, 1.807) is 14.0 Å². The van der Waals surface area contributed by atoms with E-state index in [4.69, 9.17) is 23.2 Å². The van der Waals surface area contributed by atoms with Gasteiger partial charge in [-0.3, -0.25) is 0 Å². The molecule has 0 aromatic heterocycles. The fourth-order valence-electron chi connectivity index (χ4n) is 0.210. The molecule has 0 atom stereocenters. The highest BCUT2D eigenvalue weighted by Gasteiger charge is 1.81. The molecule has 0 unspecified atom stereocenters. The van der Waals surface area contributed by atoms with Gasteiger partial charge in [0.2, 0.25) is 0 Å². The van der Waals surface area contributed by atoms with Gasteiger partial charge in [0.15, 0.2) is 0 Å². The lowest BCUT2D eigenvalue weighted by Gasteiger charge is -1.90. The van der Waals surface area contributed by atoms with Gasteiger partial charge in [-0.25, -0.2) is 4.99 Å². The molecule has 9 heavy (non-hydrogen) atoms. The number of halogens is 2. The van der Waals surface area contributed by atoms with Crippen LogP contribution in [0.3, 0.4) is 0 Å². The van der Waals surface area contributed by atoms with Gasteiger partial charge < -0.3 is 5.32 Å². The third kappa shape index (κ3) is 5.66. The summed E-state index contributed by atoms with van der Waals surface area (Å²) in [5, 5.41) is 3.61. The molecule has 2 nitrogen and oxygen atoms in total. The van der Waals surface area contributed by atoms with Crippen LogP contribution in [0.4, 0.5) is 0 Å². The van der Waals surface area contributed by atoms with E-state index >= 15 is 0 Å². The molecule has 0 aliphatic heterocycles. The first-order valence-electron chi connectivity index (χ1n) is 2.40. The van der Waals surface area contributed by atoms with Crippen molar-refractivity contribution in [2.75, 3.05) is 7.05 Å². The van der Waals surface area contributed by atoms with Crippen molar-refractivity contribution in [1.29, 1.82) is 0 Å². The smallest absolute Gasteiger partial charge is 0.120 e. The van der Waals surface area contributed by atoms with Crippen molar-refractivity contribution in [1.82, 2.24) is 5.32 Å². The molecule has 0 amide bonds. The predicted molar refractivity (Wildman–Crippen MR) is 42.0 cm³/mol. The monoisotopic (exact) mass is 166 g/mol. The Morgan fingerprint density at radius 3 is 2.44 bits per heavy atom. The first-order valence-corrected chi connectivity index (χ1v) is 3.15. The SMILES string of the molecule is CN/C(Cl)=C\N=C(C)Cl. The maximum Gasteiger partial charge on any atom is 0.120 e. The van der Waals surface area contributed by atoms with Gasteiger partial charge in [0.1, 0.15) is 10.3 Å². The third-order valence-electron chi connectivity index (χ3n) is 0.595. The van der Waals surface area contributed by atoms with Gasteiger partial charge in [-0.05, 0) is 6.92 Å². The van der Waals surface area contributed by atoms with Crippen molar-refractivity contribution >= 4 is 28.4 Å². The summed E-state index contributed by atoms with van der Waals surface area (Å²) < 4.78 is 0. The molecular formula is C5H8Cl2N2. The van der Waals surface area contributed by atoms with Crippen LogP contribution in [-0.4, -0.2) is 12.2 Å². The maximum atomic E-state index is 5.49. The zero-order chi connectivity index (χ0) is 7.28. The molecule has 4 heteroatoms. The summed E-state index contributed by atoms with van der Waals surface area (Å²) >= 11 is 10.9. The van der Waals surface area contributed by atoms with Crippen molar-refractivity contribution in [2.45, 2.75) is 6.92 Å². The van der Waals surface area contributed by atoms with Crippen LogP contribution < -0.4 is 5.32 Å². The van der Waals surface area contributed by atoms with Crippen LogP contribution in [0.1, 0.15) is 6.92 Å². The second-order valence-electron chi connectivity index (χ2n) is 1.35. The lowest BCUT2D eigenvalue weighted by Crippen LogP contribution is -1.98. The Labute approximate surface area is 64.6 Å². The lowest BCUT2D eigenvalue weighted by molar-refractivity contribution is 1.06. The zero-order valence-electron chi connectivity index (χ0n) is 5.28. The Bertz CT molecular complexity index is 136. The van der Waals surface area contributed by atoms with Crippen LogP contribution >= 0.6 is 23.2 Å². The number of rotatable bonds is 2. The van der Waals surface area contributed by atoms with Gasteiger partial charge in [-0.1, -0.05) is 23.2 Å². The molecule has 52 valence electrons. The second kappa shape index (κ2) is 4.65. The first kappa shape index (κ1) is 8.79. The van der Waals surface area contributed by atoms with E-state index < -0.39 is 0 Å². The molecule has 0 fully saturated rings. The Hall–Kier alpha value is -0.210. The minimum absolute atomic E-state index is 0.461. The first-order chi connectivity index (χ1) is 4.16. The van der Waals surface area contributed by atoms with Crippen molar-refractivity contribution in [2.24, 2.45) is 4.99 Å². The van der Waals surface area contributed by atoms with Gasteiger partial charge in [-0.15, -0.1) is 0 Å². The lowest BCUT2D eigenvalue weighted by atomic mass is 10.8. The van der Waals surface area contributed by atoms with Crippen LogP contribution in [-0.2, 0) is 0 Å². The Kier molecular flexibility index (Phi) is 4.54. The molecule has 0 saturated carbocycles. The van der Waals surface area contributed by atoms with E-state index in [1.165, 1.54) is 6.20 Å². The maximum absolute atomic E-state index is 5.49. The fraction of sp³-hybridized carbons (Fsp3) is 0.400. The van der Waals surface area contributed by atoms with E-state index in [0.29, 0.717) is 10.3 Å². The minimum atomic E-state index is 0.461. The van der Waals surface area contributed by atoms with Gasteiger partial charge >= 0.3 is 0 Å². The average molecular weight is 167 g/mol. The highest BCUT2D eigenvalue weighted by atomic mass is 35.5. The molecule has 0 radical (unpaired) electrons. The molecule has 0 saturated heterocycles. The summed E-state index contributed by atoms with van der Waals surface area (Å²) in [5.41, 5.74) is 0. The number of hydrogen-bond donors (Lipinski definition) is 1. The molecule has 0 aromatic carbocycles. The van der Waals surface area contributed by atoms with E-state index in [9.17, 15) is 0 Å². The molecule has 0 spiro atoms. The van der Waals surface area contributed by atoms with E-state index in [-0.39, 0.29) is 0 Å². The van der Waals surface area contributed by atoms with Crippen LogP contribution in [0.2, 0.25) is 0 Å². The highest BCUT2D eigenvalue weighted by molar-refractivity contribution is 6.64. The zero-order valence-corrected chi connectivity index (χ0v) is 6.79. The summed E-state index contributed by atoms with van der Waals surface area (Å²) in [5.74, 6) is 0. The number of nitrogens with one attached hydrogen (secondary N) is 1. The van der Waals surface area contributed by atoms with E-state index in [0.717, 1.165) is 0 Å². The molecule has 0 rings (SSSR count). The molecular weight excluding hydrogens is 159 g/mol. The van der Waals surface area contributed by atoms with Crippen molar-refractivity contribution in [3.63, 3.8) is 0 Å². The highest BCUT2D eigenvalue weighted by Crippen LogP contribution is 1.95. The molecule has 0 bridgehead atoms. The topological polar surface area (TPSA) is 24.4 Å². The largest absolute Gasteiger partial charge is 0.378 e. The summed E-state index contributed by atoms with van der Waals surface area (Å²) in [6.07, 6.45) is 1.45. The Balaban J connectivity index is 3.83. The van der Waals surface area contributed by atoms with Crippen molar-refractivity contribution in [3.05, 3.63) is 11.4 Å².